The Labute approximate surface area is 424 Å². The van der Waals surface area contributed by atoms with E-state index in [1.54, 1.807) is 24.5 Å². The lowest BCUT2D eigenvalue weighted by Crippen LogP contribution is -2.54. The Balaban J connectivity index is 0.608. The van der Waals surface area contributed by atoms with E-state index >= 15 is 4.39 Å². The number of anilines is 4. The number of carbonyl (C=O) groups is 6. The van der Waals surface area contributed by atoms with E-state index in [4.69, 9.17) is 23.2 Å². The molecule has 1 aliphatic carbocycles. The zero-order valence-corrected chi connectivity index (χ0v) is 40.9. The molecule has 72 heavy (non-hydrogen) atoms. The van der Waals surface area contributed by atoms with Crippen molar-refractivity contribution in [3.8, 4) is 0 Å². The SMILES string of the molecule is O=C1CC[C@H](N2C(=O)c3cc(F)c(N4CCC(C(=O)N5CCN(CC6CCN(c7ccc(Nc8ncnc9c8ncn9C8CC(NC(=O)c9c(Cl)cccc9Cl)C8)cc7)CC6)CC5)CC4)cc3C2=O)C(=O)N1. The summed E-state index contributed by atoms with van der Waals surface area (Å²) in [5.41, 5.74) is 3.86. The Kier molecular flexibility index (Phi) is 13.0. The molecule has 11 rings (SSSR count). The molecule has 5 aliphatic heterocycles. The van der Waals surface area contributed by atoms with Crippen LogP contribution in [-0.4, -0.2) is 141 Å². The minimum absolute atomic E-state index is 0.00185. The lowest BCUT2D eigenvalue weighted by molar-refractivity contribution is -0.138. The van der Waals surface area contributed by atoms with Crippen molar-refractivity contribution in [3.05, 3.63) is 99.8 Å². The second-order valence-corrected chi connectivity index (χ2v) is 20.5. The van der Waals surface area contributed by atoms with Crippen LogP contribution in [0, 0.1) is 17.7 Å². The highest BCUT2D eigenvalue weighted by atomic mass is 35.5. The monoisotopic (exact) mass is 1020 g/mol. The summed E-state index contributed by atoms with van der Waals surface area (Å²) in [5, 5.41) is 9.29. The van der Waals surface area contributed by atoms with E-state index in [0.717, 1.165) is 80.7 Å². The highest BCUT2D eigenvalue weighted by Crippen LogP contribution is 2.38. The number of hydrogen-bond acceptors (Lipinski definition) is 13. The van der Waals surface area contributed by atoms with Crippen LogP contribution in [0.15, 0.2) is 67.3 Å². The van der Waals surface area contributed by atoms with Gasteiger partial charge in [0, 0.05) is 94.7 Å². The minimum atomic E-state index is -1.13. The van der Waals surface area contributed by atoms with Gasteiger partial charge in [0.15, 0.2) is 17.0 Å². The predicted octanol–water partition coefficient (Wildman–Crippen LogP) is 5.83. The van der Waals surface area contributed by atoms with Crippen molar-refractivity contribution in [3.63, 3.8) is 0 Å². The summed E-state index contributed by atoms with van der Waals surface area (Å²) in [6, 6.07) is 14.8. The van der Waals surface area contributed by atoms with Crippen LogP contribution in [0.25, 0.3) is 11.2 Å². The van der Waals surface area contributed by atoms with Crippen LogP contribution in [0.4, 0.5) is 27.3 Å². The zero-order chi connectivity index (χ0) is 49.8. The quantitative estimate of drug-likeness (QED) is 0.134. The van der Waals surface area contributed by atoms with Crippen molar-refractivity contribution in [2.75, 3.05) is 74.0 Å². The molecule has 1 saturated carbocycles. The number of imidazole rings is 1. The van der Waals surface area contributed by atoms with Crippen molar-refractivity contribution in [2.45, 2.75) is 69.5 Å². The number of rotatable bonds is 11. The average Bonchev–Trinajstić information content (AvgIpc) is 3.90. The molecular formula is C51H53Cl2FN12O6. The molecule has 5 fully saturated rings. The van der Waals surface area contributed by atoms with Gasteiger partial charge in [-0.2, -0.15) is 0 Å². The van der Waals surface area contributed by atoms with E-state index in [-0.39, 0.29) is 65.0 Å². The van der Waals surface area contributed by atoms with Crippen LogP contribution in [0.2, 0.25) is 10.0 Å². The fourth-order valence-electron chi connectivity index (χ4n) is 11.2. The van der Waals surface area contributed by atoms with Crippen molar-refractivity contribution in [1.29, 1.82) is 0 Å². The number of carbonyl (C=O) groups excluding carboxylic acids is 6. The van der Waals surface area contributed by atoms with Crippen LogP contribution >= 0.6 is 23.2 Å². The summed E-state index contributed by atoms with van der Waals surface area (Å²) in [6.07, 6.45) is 8.01. The number of piperidine rings is 3. The average molecular weight is 1020 g/mol. The van der Waals surface area contributed by atoms with E-state index in [0.29, 0.717) is 66.3 Å². The summed E-state index contributed by atoms with van der Waals surface area (Å²) in [4.78, 5) is 101. The molecule has 6 aliphatic rings. The first-order chi connectivity index (χ1) is 34.9. The third-order valence-electron chi connectivity index (χ3n) is 15.4. The number of piperazine rings is 1. The minimum Gasteiger partial charge on any atom is -0.372 e. The molecule has 7 heterocycles. The summed E-state index contributed by atoms with van der Waals surface area (Å²) < 4.78 is 17.6. The predicted molar refractivity (Wildman–Crippen MR) is 267 cm³/mol. The highest BCUT2D eigenvalue weighted by molar-refractivity contribution is 6.39. The number of nitrogens with one attached hydrogen (secondary N) is 3. The fourth-order valence-corrected chi connectivity index (χ4v) is 11.8. The molecule has 4 saturated heterocycles. The highest BCUT2D eigenvalue weighted by Gasteiger charge is 2.46. The number of amides is 6. The maximum absolute atomic E-state index is 15.5. The molecule has 3 N–H and O–H groups in total. The molecule has 2 aromatic heterocycles. The molecule has 0 bridgehead atoms. The number of hydrogen-bond donors (Lipinski definition) is 3. The van der Waals surface area contributed by atoms with Crippen LogP contribution in [-0.2, 0) is 14.4 Å². The topological polar surface area (TPSA) is 198 Å². The van der Waals surface area contributed by atoms with Gasteiger partial charge in [0.2, 0.25) is 17.7 Å². The van der Waals surface area contributed by atoms with Gasteiger partial charge in [-0.1, -0.05) is 29.3 Å². The lowest BCUT2D eigenvalue weighted by atomic mass is 9.86. The molecule has 3 aromatic carbocycles. The number of fused-ring (bicyclic) bond motifs is 2. The molecule has 0 unspecified atom stereocenters. The normalized spacial score (nSPS) is 22.3. The first-order valence-corrected chi connectivity index (χ1v) is 25.5. The van der Waals surface area contributed by atoms with Crippen molar-refractivity contribution < 1.29 is 33.2 Å². The third-order valence-corrected chi connectivity index (χ3v) is 16.0. The molecule has 6 amide bonds. The summed E-state index contributed by atoms with van der Waals surface area (Å²) in [5.74, 6) is -2.41. The second kappa shape index (κ2) is 19.7. The van der Waals surface area contributed by atoms with Gasteiger partial charge in [-0.05, 0) is 99.4 Å². The second-order valence-electron chi connectivity index (χ2n) is 19.7. The van der Waals surface area contributed by atoms with E-state index in [9.17, 15) is 28.8 Å². The number of imide groups is 2. The van der Waals surface area contributed by atoms with E-state index < -0.39 is 35.5 Å². The molecule has 374 valence electrons. The lowest BCUT2D eigenvalue weighted by Gasteiger charge is -2.41. The van der Waals surface area contributed by atoms with Gasteiger partial charge >= 0.3 is 0 Å². The standard InChI is InChI=1S/C51H53Cl2FN12O6/c52-37-2-1-3-38(53)43(37)48(69)59-32-22-34(23-32)65-28-57-44-45(55-27-56-46(44)65)58-31-4-6-33(7-5-31)62-14-10-29(11-15-62)26-61-18-20-64(21-19-61)49(70)30-12-16-63(17-13-30)41-25-36-35(24-39(41)54)50(71)66(51(36)72)40-8-9-42(67)60-47(40)68/h1-7,24-25,27-30,32,34,40H,8-23,26H2,(H,59,69)(H,55,56,58)(H,60,67,68)/t32?,34?,40-/m0/s1. The third kappa shape index (κ3) is 9.21. The van der Waals surface area contributed by atoms with Crippen LogP contribution in [0.5, 0.6) is 0 Å². The molecule has 0 spiro atoms. The Morgan fingerprint density at radius 1 is 0.778 bits per heavy atom. The van der Waals surface area contributed by atoms with Crippen molar-refractivity contribution >= 4 is 92.7 Å². The zero-order valence-electron chi connectivity index (χ0n) is 39.4. The number of halogens is 3. The molecule has 1 atom stereocenters. The number of aromatic nitrogens is 4. The maximum atomic E-state index is 15.5. The maximum Gasteiger partial charge on any atom is 0.262 e. The van der Waals surface area contributed by atoms with Crippen molar-refractivity contribution in [1.82, 2.24) is 44.9 Å². The van der Waals surface area contributed by atoms with Crippen LogP contribution < -0.4 is 25.8 Å². The largest absolute Gasteiger partial charge is 0.372 e. The van der Waals surface area contributed by atoms with Gasteiger partial charge in [0.1, 0.15) is 18.2 Å². The Morgan fingerprint density at radius 3 is 2.15 bits per heavy atom. The van der Waals surface area contributed by atoms with Gasteiger partial charge in [0.05, 0.1) is 38.8 Å². The van der Waals surface area contributed by atoms with E-state index in [2.05, 4.69) is 65.0 Å². The Bertz CT molecular complexity index is 2960. The smallest absolute Gasteiger partial charge is 0.262 e. The molecule has 21 heteroatoms. The Hall–Kier alpha value is -6.70. The fraction of sp³-hybridized carbons (Fsp3) is 0.431. The van der Waals surface area contributed by atoms with Gasteiger partial charge < -0.3 is 29.9 Å². The van der Waals surface area contributed by atoms with Gasteiger partial charge in [0.25, 0.3) is 17.7 Å². The summed E-state index contributed by atoms with van der Waals surface area (Å²) in [6.45, 7) is 6.75. The molecule has 0 radical (unpaired) electrons. The summed E-state index contributed by atoms with van der Waals surface area (Å²) >= 11 is 12.5. The van der Waals surface area contributed by atoms with E-state index in [1.165, 1.54) is 18.1 Å². The molecule has 18 nitrogen and oxygen atoms in total. The number of benzene rings is 3. The summed E-state index contributed by atoms with van der Waals surface area (Å²) in [7, 11) is 0. The van der Waals surface area contributed by atoms with Gasteiger partial charge in [-0.3, -0.25) is 43.9 Å². The Morgan fingerprint density at radius 2 is 1.46 bits per heavy atom. The van der Waals surface area contributed by atoms with Crippen molar-refractivity contribution in [2.24, 2.45) is 11.8 Å². The van der Waals surface area contributed by atoms with Crippen LogP contribution in [0.1, 0.15) is 88.5 Å². The first-order valence-electron chi connectivity index (χ1n) is 24.7. The molecular weight excluding hydrogens is 967 g/mol. The first kappa shape index (κ1) is 47.6. The van der Waals surface area contributed by atoms with Gasteiger partial charge in [-0.25, -0.2) is 19.3 Å². The van der Waals surface area contributed by atoms with Gasteiger partial charge in [-0.15, -0.1) is 0 Å². The number of nitrogens with zero attached hydrogens (tertiary/aromatic N) is 9. The van der Waals surface area contributed by atoms with E-state index in [1.807, 2.05) is 14.4 Å². The van der Waals surface area contributed by atoms with Crippen LogP contribution in [0.3, 0.4) is 0 Å². The molecule has 5 aromatic rings.